The molecule has 0 unspecified atom stereocenters. The first-order valence-electron chi connectivity index (χ1n) is 9.87. The monoisotopic (exact) mass is 479 g/mol. The molecule has 0 radical (unpaired) electrons. The van der Waals surface area contributed by atoms with Crippen molar-refractivity contribution < 1.29 is 31.1 Å². The van der Waals surface area contributed by atoms with Crippen LogP contribution in [0, 0.1) is 12.3 Å². The van der Waals surface area contributed by atoms with Gasteiger partial charge < -0.3 is 10.2 Å². The predicted octanol–water partition coefficient (Wildman–Crippen LogP) is 4.79. The summed E-state index contributed by atoms with van der Waals surface area (Å²) in [5.74, 6) is 2.20. The Balaban J connectivity index is 0.00000126. The molecule has 1 aromatic heterocycles. The minimum absolute atomic E-state index is 0.0901. The number of carbonyl (C=O) groups excluding carboxylic acids is 1. The van der Waals surface area contributed by atoms with E-state index in [1.54, 1.807) is 4.90 Å². The van der Waals surface area contributed by atoms with Crippen LogP contribution in [0.15, 0.2) is 36.0 Å². The highest BCUT2D eigenvalue weighted by molar-refractivity contribution is 5.86. The molecule has 0 atom stereocenters. The maximum Gasteiger partial charge on any atom is 0.419 e. The average molecular weight is 479 g/mol. The van der Waals surface area contributed by atoms with E-state index in [-0.39, 0.29) is 12.4 Å². The molecule has 1 aromatic rings. The highest BCUT2D eigenvalue weighted by Gasteiger charge is 2.35. The molecule has 0 fully saturated rings. The van der Waals surface area contributed by atoms with Gasteiger partial charge in [-0.1, -0.05) is 18.9 Å². The second-order valence-corrected chi connectivity index (χ2v) is 6.40. The SMILES string of the molecule is C#CCN=CNC(=O)NCCCN(CCC)c1ncccc1C(F)(F)F.C=CCC(F)(F)F. The lowest BCUT2D eigenvalue weighted by Gasteiger charge is -2.26. The normalized spacial score (nSPS) is 11.2. The second kappa shape index (κ2) is 15.6. The first kappa shape index (κ1) is 29.8. The molecule has 33 heavy (non-hydrogen) atoms. The zero-order valence-electron chi connectivity index (χ0n) is 18.1. The Labute approximate surface area is 189 Å². The molecule has 184 valence electrons. The molecular weight excluding hydrogens is 452 g/mol. The first-order valence-corrected chi connectivity index (χ1v) is 9.87. The van der Waals surface area contributed by atoms with Crippen molar-refractivity contribution in [3.63, 3.8) is 0 Å². The first-order chi connectivity index (χ1) is 15.5. The number of carbonyl (C=O) groups is 1. The lowest BCUT2D eigenvalue weighted by molar-refractivity contribution is -0.137. The van der Waals surface area contributed by atoms with Crippen molar-refractivity contribution in [2.24, 2.45) is 4.99 Å². The smallest absolute Gasteiger partial charge is 0.356 e. The zero-order valence-corrected chi connectivity index (χ0v) is 18.1. The summed E-state index contributed by atoms with van der Waals surface area (Å²) >= 11 is 0. The van der Waals surface area contributed by atoms with Gasteiger partial charge >= 0.3 is 18.4 Å². The van der Waals surface area contributed by atoms with Gasteiger partial charge in [-0.3, -0.25) is 10.3 Å². The molecule has 0 saturated carbocycles. The van der Waals surface area contributed by atoms with E-state index in [4.69, 9.17) is 6.42 Å². The van der Waals surface area contributed by atoms with Crippen LogP contribution in [0.1, 0.15) is 31.7 Å². The number of pyridine rings is 1. The van der Waals surface area contributed by atoms with Gasteiger partial charge in [-0.05, 0) is 25.0 Å². The summed E-state index contributed by atoms with van der Waals surface area (Å²) in [6.07, 6.45) is 0.0861. The number of anilines is 1. The van der Waals surface area contributed by atoms with Crippen LogP contribution in [-0.2, 0) is 6.18 Å². The minimum atomic E-state index is -4.47. The fourth-order valence-electron chi connectivity index (χ4n) is 2.35. The van der Waals surface area contributed by atoms with Gasteiger partial charge in [0.2, 0.25) is 0 Å². The highest BCUT2D eigenvalue weighted by Crippen LogP contribution is 2.35. The number of terminal acetylenes is 1. The van der Waals surface area contributed by atoms with Crippen molar-refractivity contribution >= 4 is 18.2 Å². The number of amides is 2. The standard InChI is InChI=1S/C17H22F3N5O.C4H5F3/c1-3-8-21-13-24-16(26)23-10-6-12-25(11-4-2)15-14(17(18,19)20)7-5-9-22-15;1-2-3-4(5,6)7/h1,5,7,9,13H,4,6,8,10-12H2,2H3,(H2,21,23,24,26);2H,1,3H2. The summed E-state index contributed by atoms with van der Waals surface area (Å²) < 4.78 is 72.4. The van der Waals surface area contributed by atoms with Crippen LogP contribution in [0.4, 0.5) is 37.0 Å². The number of rotatable bonds is 10. The van der Waals surface area contributed by atoms with Crippen molar-refractivity contribution in [2.45, 2.75) is 38.5 Å². The maximum absolute atomic E-state index is 13.2. The van der Waals surface area contributed by atoms with Crippen LogP contribution in [0.3, 0.4) is 0 Å². The van der Waals surface area contributed by atoms with Gasteiger partial charge in [0.1, 0.15) is 12.4 Å². The van der Waals surface area contributed by atoms with Gasteiger partial charge in [-0.25, -0.2) is 9.78 Å². The van der Waals surface area contributed by atoms with Gasteiger partial charge in [0.05, 0.1) is 18.3 Å². The number of allylic oxidation sites excluding steroid dienone is 1. The number of aromatic nitrogens is 1. The van der Waals surface area contributed by atoms with Crippen LogP contribution in [0.25, 0.3) is 0 Å². The van der Waals surface area contributed by atoms with Crippen molar-refractivity contribution in [1.29, 1.82) is 0 Å². The van der Waals surface area contributed by atoms with Crippen LogP contribution in [0.2, 0.25) is 0 Å². The van der Waals surface area contributed by atoms with Gasteiger partial charge in [0.15, 0.2) is 0 Å². The molecular formula is C21H27F6N5O. The molecule has 1 heterocycles. The molecule has 2 amide bonds. The predicted molar refractivity (Wildman–Crippen MR) is 116 cm³/mol. The summed E-state index contributed by atoms with van der Waals surface area (Å²) in [6, 6.07) is 1.83. The van der Waals surface area contributed by atoms with Crippen molar-refractivity contribution in [3.05, 3.63) is 36.5 Å². The van der Waals surface area contributed by atoms with E-state index in [0.29, 0.717) is 32.5 Å². The highest BCUT2D eigenvalue weighted by atomic mass is 19.4. The molecule has 0 spiro atoms. The summed E-state index contributed by atoms with van der Waals surface area (Å²) in [4.78, 5) is 20.7. The molecule has 0 saturated heterocycles. The summed E-state index contributed by atoms with van der Waals surface area (Å²) in [5.41, 5.74) is -0.760. The third-order valence-corrected chi connectivity index (χ3v) is 3.62. The van der Waals surface area contributed by atoms with Crippen molar-refractivity contribution in [1.82, 2.24) is 15.6 Å². The fraction of sp³-hybridized carbons (Fsp3) is 0.476. The molecule has 0 aliphatic rings. The Morgan fingerprint density at radius 1 is 1.30 bits per heavy atom. The zero-order chi connectivity index (χ0) is 25.3. The van der Waals surface area contributed by atoms with Gasteiger partial charge in [0.25, 0.3) is 0 Å². The lowest BCUT2D eigenvalue weighted by Crippen LogP contribution is -2.37. The number of urea groups is 1. The number of nitrogens with one attached hydrogen (secondary N) is 2. The number of hydrogen-bond donors (Lipinski definition) is 2. The Hall–Kier alpha value is -3.23. The van der Waals surface area contributed by atoms with E-state index in [2.05, 4.69) is 33.1 Å². The van der Waals surface area contributed by atoms with Crippen LogP contribution in [-0.4, -0.2) is 49.7 Å². The summed E-state index contributed by atoms with van der Waals surface area (Å²) in [6.45, 7) is 6.03. The molecule has 0 aliphatic heterocycles. The van der Waals surface area contributed by atoms with E-state index in [0.717, 1.165) is 12.1 Å². The molecule has 0 aromatic carbocycles. The quantitative estimate of drug-likeness (QED) is 0.127. The van der Waals surface area contributed by atoms with Crippen LogP contribution < -0.4 is 15.5 Å². The number of hydrogen-bond acceptors (Lipinski definition) is 4. The number of aliphatic imine (C=N–C) groups is 1. The van der Waals surface area contributed by atoms with Crippen LogP contribution in [0.5, 0.6) is 0 Å². The van der Waals surface area contributed by atoms with Crippen molar-refractivity contribution in [3.8, 4) is 12.3 Å². The molecule has 0 bridgehead atoms. The largest absolute Gasteiger partial charge is 0.419 e. The Kier molecular flexibility index (Phi) is 14.0. The second-order valence-electron chi connectivity index (χ2n) is 6.40. The number of alkyl halides is 6. The molecule has 12 heteroatoms. The van der Waals surface area contributed by atoms with E-state index in [1.165, 1.54) is 18.6 Å². The lowest BCUT2D eigenvalue weighted by atomic mass is 10.2. The van der Waals surface area contributed by atoms with Gasteiger partial charge in [0, 0.05) is 25.8 Å². The molecule has 1 rings (SSSR count). The topological polar surface area (TPSA) is 69.6 Å². The van der Waals surface area contributed by atoms with Crippen molar-refractivity contribution in [2.75, 3.05) is 31.1 Å². The molecule has 6 nitrogen and oxygen atoms in total. The van der Waals surface area contributed by atoms with Gasteiger partial charge in [-0.15, -0.1) is 13.0 Å². The third-order valence-electron chi connectivity index (χ3n) is 3.62. The summed E-state index contributed by atoms with van der Waals surface area (Å²) in [5, 5.41) is 4.97. The van der Waals surface area contributed by atoms with Crippen LogP contribution >= 0.6 is 0 Å². The Bertz CT molecular complexity index is 787. The number of halogens is 6. The third kappa shape index (κ3) is 14.5. The Morgan fingerprint density at radius 2 is 2.00 bits per heavy atom. The van der Waals surface area contributed by atoms with E-state index >= 15 is 0 Å². The average Bonchev–Trinajstić information content (AvgIpc) is 2.72. The van der Waals surface area contributed by atoms with E-state index in [1.807, 2.05) is 6.92 Å². The summed E-state index contributed by atoms with van der Waals surface area (Å²) in [7, 11) is 0. The molecule has 2 N–H and O–H groups in total. The minimum Gasteiger partial charge on any atom is -0.356 e. The fourth-order valence-corrected chi connectivity index (χ4v) is 2.35. The molecule has 0 aliphatic carbocycles. The van der Waals surface area contributed by atoms with E-state index < -0.39 is 30.4 Å². The Morgan fingerprint density at radius 3 is 2.52 bits per heavy atom. The number of nitrogens with zero attached hydrogens (tertiary/aromatic N) is 3. The van der Waals surface area contributed by atoms with Gasteiger partial charge in [-0.2, -0.15) is 26.3 Å². The van der Waals surface area contributed by atoms with E-state index in [9.17, 15) is 31.1 Å². The maximum atomic E-state index is 13.2.